The standard InChI is InChI=1S/C21H17ClN4OS/c1-14-5-2-3-7-19(14)26-20(27)17-9-8-16(22)11-18(17)25-21(26)28-13-15(12-24)6-4-10-23/h2-3,5,7-9,11,15H,4,6,13H2,1H3/t15-/m0/s1. The summed E-state index contributed by atoms with van der Waals surface area (Å²) in [4.78, 5) is 17.9. The summed E-state index contributed by atoms with van der Waals surface area (Å²) in [6.07, 6.45) is 0.818. The van der Waals surface area contributed by atoms with Crippen LogP contribution in [0.2, 0.25) is 5.02 Å². The van der Waals surface area contributed by atoms with Gasteiger partial charge in [0.2, 0.25) is 0 Å². The second-order valence-electron chi connectivity index (χ2n) is 6.32. The Balaban J connectivity index is 2.13. The molecule has 0 saturated carbocycles. The van der Waals surface area contributed by atoms with Crippen LogP contribution in [0, 0.1) is 35.5 Å². The van der Waals surface area contributed by atoms with Crippen molar-refractivity contribution in [1.29, 1.82) is 10.5 Å². The van der Waals surface area contributed by atoms with E-state index in [-0.39, 0.29) is 11.5 Å². The number of thioether (sulfide) groups is 1. The molecule has 140 valence electrons. The zero-order valence-electron chi connectivity index (χ0n) is 15.2. The normalized spacial score (nSPS) is 11.7. The van der Waals surface area contributed by atoms with Crippen LogP contribution in [0.25, 0.3) is 16.6 Å². The number of benzene rings is 2. The largest absolute Gasteiger partial charge is 0.268 e. The van der Waals surface area contributed by atoms with E-state index in [9.17, 15) is 10.1 Å². The van der Waals surface area contributed by atoms with Gasteiger partial charge in [-0.1, -0.05) is 41.6 Å². The molecule has 0 saturated heterocycles. The zero-order valence-corrected chi connectivity index (χ0v) is 16.8. The quantitative estimate of drug-likeness (QED) is 0.428. The van der Waals surface area contributed by atoms with Crippen LogP contribution in [0.4, 0.5) is 0 Å². The molecule has 1 atom stereocenters. The fraction of sp³-hybridized carbons (Fsp3) is 0.238. The minimum atomic E-state index is -0.290. The molecule has 0 radical (unpaired) electrons. The van der Waals surface area contributed by atoms with Crippen molar-refractivity contribution in [3.05, 3.63) is 63.4 Å². The fourth-order valence-electron chi connectivity index (χ4n) is 2.86. The number of nitriles is 2. The lowest BCUT2D eigenvalue weighted by molar-refractivity contribution is 0.682. The van der Waals surface area contributed by atoms with Crippen molar-refractivity contribution < 1.29 is 0 Å². The van der Waals surface area contributed by atoms with Gasteiger partial charge >= 0.3 is 0 Å². The Morgan fingerprint density at radius 1 is 1.25 bits per heavy atom. The van der Waals surface area contributed by atoms with E-state index < -0.39 is 0 Å². The first-order valence-electron chi connectivity index (χ1n) is 8.73. The van der Waals surface area contributed by atoms with Crippen molar-refractivity contribution >= 4 is 34.3 Å². The summed E-state index contributed by atoms with van der Waals surface area (Å²) in [6.45, 7) is 1.94. The molecule has 1 heterocycles. The molecule has 0 N–H and O–H groups in total. The second-order valence-corrected chi connectivity index (χ2v) is 7.74. The van der Waals surface area contributed by atoms with Gasteiger partial charge in [0.25, 0.3) is 5.56 Å². The lowest BCUT2D eigenvalue weighted by Crippen LogP contribution is -2.23. The van der Waals surface area contributed by atoms with Crippen molar-refractivity contribution in [3.63, 3.8) is 0 Å². The topological polar surface area (TPSA) is 82.5 Å². The van der Waals surface area contributed by atoms with Gasteiger partial charge in [-0.2, -0.15) is 10.5 Å². The number of rotatable bonds is 6. The van der Waals surface area contributed by atoms with Gasteiger partial charge in [-0.15, -0.1) is 0 Å². The number of hydrogen-bond donors (Lipinski definition) is 0. The number of aromatic nitrogens is 2. The first-order chi connectivity index (χ1) is 13.5. The van der Waals surface area contributed by atoms with Gasteiger partial charge in [0, 0.05) is 17.2 Å². The SMILES string of the molecule is Cc1ccccc1-n1c(SC[C@H](C#N)CCC#N)nc2cc(Cl)ccc2c1=O. The zero-order chi connectivity index (χ0) is 20.1. The molecule has 0 amide bonds. The number of aryl methyl sites for hydroxylation is 1. The fourth-order valence-corrected chi connectivity index (χ4v) is 4.09. The maximum absolute atomic E-state index is 13.3. The molecular weight excluding hydrogens is 392 g/mol. The maximum atomic E-state index is 13.3. The van der Waals surface area contributed by atoms with Crippen molar-refractivity contribution in [2.45, 2.75) is 24.9 Å². The monoisotopic (exact) mass is 408 g/mol. The third-order valence-corrected chi connectivity index (χ3v) is 5.69. The van der Waals surface area contributed by atoms with E-state index >= 15 is 0 Å². The number of halogens is 1. The summed E-state index contributed by atoms with van der Waals surface area (Å²) in [6, 6.07) is 16.9. The Hall–Kier alpha value is -2.80. The molecule has 7 heteroatoms. The van der Waals surface area contributed by atoms with Gasteiger partial charge in [0.15, 0.2) is 5.16 Å². The molecular formula is C21H17ClN4OS. The Kier molecular flexibility index (Phi) is 6.36. The molecule has 0 bridgehead atoms. The van der Waals surface area contributed by atoms with Crippen LogP contribution in [0.15, 0.2) is 52.4 Å². The molecule has 0 fully saturated rings. The van der Waals surface area contributed by atoms with Gasteiger partial charge in [0.1, 0.15) is 0 Å². The van der Waals surface area contributed by atoms with Crippen LogP contribution in [-0.2, 0) is 0 Å². The van der Waals surface area contributed by atoms with Crippen molar-refractivity contribution in [3.8, 4) is 17.8 Å². The van der Waals surface area contributed by atoms with E-state index in [1.54, 1.807) is 22.8 Å². The van der Waals surface area contributed by atoms with Gasteiger partial charge in [0.05, 0.1) is 34.6 Å². The van der Waals surface area contributed by atoms with Gasteiger partial charge in [-0.05, 0) is 43.2 Å². The predicted octanol–water partition coefficient (Wildman–Crippen LogP) is 4.88. The minimum Gasteiger partial charge on any atom is -0.268 e. The highest BCUT2D eigenvalue weighted by Crippen LogP contribution is 2.26. The molecule has 1 aromatic heterocycles. The van der Waals surface area contributed by atoms with Crippen molar-refractivity contribution in [2.24, 2.45) is 5.92 Å². The van der Waals surface area contributed by atoms with E-state index in [1.807, 2.05) is 31.2 Å². The predicted molar refractivity (Wildman–Crippen MR) is 112 cm³/mol. The van der Waals surface area contributed by atoms with Crippen LogP contribution in [-0.4, -0.2) is 15.3 Å². The summed E-state index contributed by atoms with van der Waals surface area (Å²) in [5, 5.41) is 19.6. The van der Waals surface area contributed by atoms with E-state index in [0.717, 1.165) is 11.3 Å². The third kappa shape index (κ3) is 4.20. The molecule has 2 aromatic carbocycles. The highest BCUT2D eigenvalue weighted by atomic mass is 35.5. The molecule has 0 spiro atoms. The van der Waals surface area contributed by atoms with Crippen molar-refractivity contribution in [2.75, 3.05) is 5.75 Å². The number of hydrogen-bond acceptors (Lipinski definition) is 5. The average molecular weight is 409 g/mol. The Morgan fingerprint density at radius 2 is 2.04 bits per heavy atom. The molecule has 5 nitrogen and oxygen atoms in total. The Labute approximate surface area is 172 Å². The molecule has 3 rings (SSSR count). The van der Waals surface area contributed by atoms with Crippen molar-refractivity contribution in [1.82, 2.24) is 9.55 Å². The molecule has 0 aliphatic heterocycles. The molecule has 0 aliphatic rings. The van der Waals surface area contributed by atoms with E-state index in [0.29, 0.717) is 39.7 Å². The summed E-state index contributed by atoms with van der Waals surface area (Å²) in [7, 11) is 0. The number of nitrogens with zero attached hydrogens (tertiary/aromatic N) is 4. The van der Waals surface area contributed by atoms with E-state index in [2.05, 4.69) is 17.1 Å². The van der Waals surface area contributed by atoms with E-state index in [4.69, 9.17) is 16.9 Å². The third-order valence-electron chi connectivity index (χ3n) is 4.36. The van der Waals surface area contributed by atoms with Crippen LogP contribution >= 0.6 is 23.4 Å². The first-order valence-corrected chi connectivity index (χ1v) is 10.1. The smallest absolute Gasteiger partial charge is 0.266 e. The number of para-hydroxylation sites is 1. The summed E-state index contributed by atoms with van der Waals surface area (Å²) < 4.78 is 1.59. The van der Waals surface area contributed by atoms with Crippen LogP contribution in [0.3, 0.4) is 0 Å². The van der Waals surface area contributed by atoms with Gasteiger partial charge < -0.3 is 0 Å². The first kappa shape index (κ1) is 19.9. The van der Waals surface area contributed by atoms with E-state index in [1.165, 1.54) is 11.8 Å². The van der Waals surface area contributed by atoms with Crippen LogP contribution < -0.4 is 5.56 Å². The Bertz CT molecular complexity index is 1160. The molecule has 0 unspecified atom stereocenters. The highest BCUT2D eigenvalue weighted by Gasteiger charge is 2.17. The summed E-state index contributed by atoms with van der Waals surface area (Å²) in [5.41, 5.74) is 2.05. The highest BCUT2D eigenvalue weighted by molar-refractivity contribution is 7.99. The lowest BCUT2D eigenvalue weighted by Gasteiger charge is -2.16. The maximum Gasteiger partial charge on any atom is 0.266 e. The average Bonchev–Trinajstić information content (AvgIpc) is 2.69. The number of fused-ring (bicyclic) bond motifs is 1. The minimum absolute atomic E-state index is 0.177. The second kappa shape index (κ2) is 8.93. The molecule has 28 heavy (non-hydrogen) atoms. The summed E-state index contributed by atoms with van der Waals surface area (Å²) >= 11 is 7.43. The van der Waals surface area contributed by atoms with Crippen LogP contribution in [0.1, 0.15) is 18.4 Å². The lowest BCUT2D eigenvalue weighted by atomic mass is 10.1. The van der Waals surface area contributed by atoms with Gasteiger partial charge in [-0.3, -0.25) is 9.36 Å². The summed E-state index contributed by atoms with van der Waals surface area (Å²) in [5.74, 6) is 0.157. The molecule has 3 aromatic rings. The molecule has 0 aliphatic carbocycles. The van der Waals surface area contributed by atoms with Crippen LogP contribution in [0.5, 0.6) is 0 Å². The Morgan fingerprint density at radius 3 is 2.75 bits per heavy atom. The van der Waals surface area contributed by atoms with Gasteiger partial charge in [-0.25, -0.2) is 4.98 Å².